The number of halogens is 1. The Labute approximate surface area is 103 Å². The lowest BCUT2D eigenvalue weighted by atomic mass is 10.1. The summed E-state index contributed by atoms with van der Waals surface area (Å²) >= 11 is 0. The van der Waals surface area contributed by atoms with E-state index in [2.05, 4.69) is 10.3 Å². The summed E-state index contributed by atoms with van der Waals surface area (Å²) in [7, 11) is 0. The Kier molecular flexibility index (Phi) is 3.23. The minimum absolute atomic E-state index is 0.121. The number of nitrogens with one attached hydrogen (secondary N) is 1. The number of hydrogen-bond acceptors (Lipinski definition) is 3. The van der Waals surface area contributed by atoms with Gasteiger partial charge in [-0.25, -0.2) is 4.98 Å². The van der Waals surface area contributed by atoms with Crippen molar-refractivity contribution in [3.05, 3.63) is 53.5 Å². The van der Waals surface area contributed by atoms with Gasteiger partial charge in [-0.3, -0.25) is 4.79 Å². The summed E-state index contributed by atoms with van der Waals surface area (Å²) in [4.78, 5) is 15.4. The van der Waals surface area contributed by atoms with Gasteiger partial charge in [-0.05, 0) is 42.8 Å². The minimum Gasteiger partial charge on any atom is -0.508 e. The highest BCUT2D eigenvalue weighted by atomic mass is 19.1. The van der Waals surface area contributed by atoms with Gasteiger partial charge >= 0.3 is 0 Å². The molecule has 1 amide bonds. The number of nitrogens with zero attached hydrogens (tertiary/aromatic N) is 1. The number of benzene rings is 1. The highest BCUT2D eigenvalue weighted by Crippen LogP contribution is 2.17. The van der Waals surface area contributed by atoms with E-state index in [4.69, 9.17) is 0 Å². The van der Waals surface area contributed by atoms with Crippen molar-refractivity contribution in [1.29, 1.82) is 0 Å². The molecule has 0 atom stereocenters. The minimum atomic E-state index is -0.658. The lowest BCUT2D eigenvalue weighted by molar-refractivity contribution is 0.102. The number of phenols is 1. The number of rotatable bonds is 2. The first-order chi connectivity index (χ1) is 8.56. The van der Waals surface area contributed by atoms with Crippen LogP contribution in [0.2, 0.25) is 0 Å². The van der Waals surface area contributed by atoms with Gasteiger partial charge in [-0.15, -0.1) is 0 Å². The average molecular weight is 246 g/mol. The number of carbonyl (C=O) groups is 1. The summed E-state index contributed by atoms with van der Waals surface area (Å²) in [5, 5.41) is 11.8. The van der Waals surface area contributed by atoms with Crippen molar-refractivity contribution in [3.8, 4) is 5.75 Å². The first-order valence-electron chi connectivity index (χ1n) is 5.30. The molecule has 1 aromatic carbocycles. The van der Waals surface area contributed by atoms with Crippen LogP contribution in [0.25, 0.3) is 0 Å². The van der Waals surface area contributed by atoms with Gasteiger partial charge in [0, 0.05) is 5.56 Å². The molecule has 18 heavy (non-hydrogen) atoms. The second-order valence-electron chi connectivity index (χ2n) is 3.80. The lowest BCUT2D eigenvalue weighted by Gasteiger charge is -2.06. The van der Waals surface area contributed by atoms with Crippen LogP contribution in [0.1, 0.15) is 15.9 Å². The number of amides is 1. The van der Waals surface area contributed by atoms with E-state index in [1.54, 1.807) is 13.0 Å². The third-order valence-electron chi connectivity index (χ3n) is 2.42. The molecule has 0 spiro atoms. The zero-order valence-corrected chi connectivity index (χ0v) is 9.64. The van der Waals surface area contributed by atoms with E-state index >= 15 is 0 Å². The zero-order chi connectivity index (χ0) is 13.1. The summed E-state index contributed by atoms with van der Waals surface area (Å²) in [5.41, 5.74) is 0.964. The van der Waals surface area contributed by atoms with Crippen LogP contribution in [0.3, 0.4) is 0 Å². The topological polar surface area (TPSA) is 62.2 Å². The van der Waals surface area contributed by atoms with Crippen LogP contribution in [0, 0.1) is 12.9 Å². The number of pyridine rings is 1. The van der Waals surface area contributed by atoms with E-state index < -0.39 is 11.9 Å². The van der Waals surface area contributed by atoms with Crippen LogP contribution < -0.4 is 5.32 Å². The molecule has 0 fully saturated rings. The van der Waals surface area contributed by atoms with Crippen LogP contribution in [-0.2, 0) is 0 Å². The van der Waals surface area contributed by atoms with Crippen LogP contribution in [0.5, 0.6) is 5.75 Å². The maximum absolute atomic E-state index is 12.8. The third kappa shape index (κ3) is 2.63. The highest BCUT2D eigenvalue weighted by Gasteiger charge is 2.08. The molecule has 5 heteroatoms. The molecule has 0 bridgehead atoms. The van der Waals surface area contributed by atoms with Gasteiger partial charge in [0.2, 0.25) is 5.95 Å². The van der Waals surface area contributed by atoms with Crippen molar-refractivity contribution < 1.29 is 14.3 Å². The van der Waals surface area contributed by atoms with Crippen molar-refractivity contribution in [2.45, 2.75) is 6.92 Å². The molecule has 0 aliphatic heterocycles. The van der Waals surface area contributed by atoms with Crippen molar-refractivity contribution in [2.24, 2.45) is 0 Å². The van der Waals surface area contributed by atoms with Gasteiger partial charge in [0.15, 0.2) is 0 Å². The number of carbonyl (C=O) groups excluding carboxylic acids is 1. The molecule has 2 aromatic rings. The van der Waals surface area contributed by atoms with Gasteiger partial charge < -0.3 is 10.4 Å². The van der Waals surface area contributed by atoms with E-state index in [0.29, 0.717) is 11.1 Å². The van der Waals surface area contributed by atoms with Crippen LogP contribution in [0.4, 0.5) is 10.2 Å². The number of hydrogen-bond donors (Lipinski definition) is 2. The SMILES string of the molecule is Cc1cc(C(=O)Nc2cccc(F)n2)ccc1O. The van der Waals surface area contributed by atoms with Gasteiger partial charge in [-0.1, -0.05) is 6.07 Å². The molecule has 0 aliphatic rings. The van der Waals surface area contributed by atoms with Gasteiger partial charge in [-0.2, -0.15) is 4.39 Å². The number of phenolic OH excluding ortho intramolecular Hbond substituents is 1. The normalized spacial score (nSPS) is 10.1. The van der Waals surface area contributed by atoms with E-state index in [1.165, 1.54) is 30.3 Å². The lowest BCUT2D eigenvalue weighted by Crippen LogP contribution is -2.13. The Morgan fingerprint density at radius 2 is 2.11 bits per heavy atom. The van der Waals surface area contributed by atoms with Gasteiger partial charge in [0.05, 0.1) is 0 Å². The molecule has 2 N–H and O–H groups in total. The third-order valence-corrected chi connectivity index (χ3v) is 2.42. The smallest absolute Gasteiger partial charge is 0.256 e. The molecular weight excluding hydrogens is 235 g/mol. The van der Waals surface area contributed by atoms with Gasteiger partial charge in [0.1, 0.15) is 11.6 Å². The Bertz CT molecular complexity index is 599. The molecule has 0 radical (unpaired) electrons. The Balaban J connectivity index is 2.19. The number of aromatic nitrogens is 1. The fourth-order valence-corrected chi connectivity index (χ4v) is 1.46. The molecule has 0 unspecified atom stereocenters. The second-order valence-corrected chi connectivity index (χ2v) is 3.80. The highest BCUT2D eigenvalue weighted by molar-refractivity contribution is 6.03. The van der Waals surface area contributed by atoms with E-state index in [0.717, 1.165) is 0 Å². The zero-order valence-electron chi connectivity index (χ0n) is 9.64. The maximum atomic E-state index is 12.8. The molecule has 92 valence electrons. The summed E-state index contributed by atoms with van der Waals surface area (Å²) in [5.74, 6) is -0.799. The molecule has 0 saturated carbocycles. The Morgan fingerprint density at radius 3 is 2.78 bits per heavy atom. The summed E-state index contributed by atoms with van der Waals surface area (Å²) in [6, 6.07) is 8.61. The molecule has 0 saturated heterocycles. The summed E-state index contributed by atoms with van der Waals surface area (Å²) in [6.07, 6.45) is 0. The quantitative estimate of drug-likeness (QED) is 0.800. The van der Waals surface area contributed by atoms with Crippen LogP contribution >= 0.6 is 0 Å². The predicted octanol–water partition coefficient (Wildman–Crippen LogP) is 2.49. The average Bonchev–Trinajstić information content (AvgIpc) is 2.32. The molecular formula is C13H11FN2O2. The second kappa shape index (κ2) is 4.83. The van der Waals surface area contributed by atoms with E-state index in [1.807, 2.05) is 0 Å². The summed E-state index contributed by atoms with van der Waals surface area (Å²) in [6.45, 7) is 1.69. The predicted molar refractivity (Wildman–Crippen MR) is 65.0 cm³/mol. The van der Waals surface area contributed by atoms with Crippen LogP contribution in [0.15, 0.2) is 36.4 Å². The first kappa shape index (κ1) is 12.0. The van der Waals surface area contributed by atoms with Crippen molar-refractivity contribution >= 4 is 11.7 Å². The number of aromatic hydroxyl groups is 1. The van der Waals surface area contributed by atoms with Crippen molar-refractivity contribution in [3.63, 3.8) is 0 Å². The largest absolute Gasteiger partial charge is 0.508 e. The standard InChI is InChI=1S/C13H11FN2O2/c1-8-7-9(5-6-10(8)17)13(18)16-12-4-2-3-11(14)15-12/h2-7,17H,1H3,(H,15,16,18). The first-order valence-corrected chi connectivity index (χ1v) is 5.30. The number of anilines is 1. The van der Waals surface area contributed by atoms with Crippen molar-refractivity contribution in [1.82, 2.24) is 4.98 Å². The fraction of sp³-hybridized carbons (Fsp3) is 0.0769. The number of aryl methyl sites for hydroxylation is 1. The molecule has 1 aromatic heterocycles. The Morgan fingerprint density at radius 1 is 1.33 bits per heavy atom. The Hall–Kier alpha value is -2.43. The van der Waals surface area contributed by atoms with E-state index in [9.17, 15) is 14.3 Å². The van der Waals surface area contributed by atoms with Gasteiger partial charge in [0.25, 0.3) is 5.91 Å². The monoisotopic (exact) mass is 246 g/mol. The fourth-order valence-electron chi connectivity index (χ4n) is 1.46. The molecule has 4 nitrogen and oxygen atoms in total. The van der Waals surface area contributed by atoms with E-state index in [-0.39, 0.29) is 11.6 Å². The molecule has 0 aliphatic carbocycles. The molecule has 2 rings (SSSR count). The van der Waals surface area contributed by atoms with Crippen molar-refractivity contribution in [2.75, 3.05) is 5.32 Å². The maximum Gasteiger partial charge on any atom is 0.256 e. The summed E-state index contributed by atoms with van der Waals surface area (Å²) < 4.78 is 12.8. The molecule has 1 heterocycles. The van der Waals surface area contributed by atoms with Crippen LogP contribution in [-0.4, -0.2) is 16.0 Å².